The molecule has 0 spiro atoms. The van der Waals surface area contributed by atoms with E-state index in [2.05, 4.69) is 49.3 Å². The highest BCUT2D eigenvalue weighted by atomic mass is 32.1. The van der Waals surface area contributed by atoms with Crippen molar-refractivity contribution >= 4 is 26.7 Å². The van der Waals surface area contributed by atoms with Gasteiger partial charge >= 0.3 is 0 Å². The first-order valence-electron chi connectivity index (χ1n) is 6.84. The maximum Gasteiger partial charge on any atom is 0.183 e. The Kier molecular flexibility index (Phi) is 5.16. The number of aromatic nitrogens is 1. The highest BCUT2D eigenvalue weighted by Crippen LogP contribution is 2.27. The van der Waals surface area contributed by atoms with Crippen LogP contribution in [-0.4, -0.2) is 24.7 Å². The van der Waals surface area contributed by atoms with Gasteiger partial charge in [-0.15, -0.1) is 0 Å². The maximum atomic E-state index is 5.58. The molecular formula is C15H22N2OS. The number of hydrogen-bond donors (Lipinski definition) is 1. The number of rotatable bonds is 7. The smallest absolute Gasteiger partial charge is 0.183 e. The van der Waals surface area contributed by atoms with Gasteiger partial charge in [0.25, 0.3) is 0 Å². The largest absolute Gasteiger partial charge is 0.380 e. The number of hydrogen-bond acceptors (Lipinski definition) is 4. The quantitative estimate of drug-likeness (QED) is 0.775. The molecule has 4 heteroatoms. The Balaban J connectivity index is 1.77. The van der Waals surface area contributed by atoms with E-state index < -0.39 is 0 Å². The fourth-order valence-electron chi connectivity index (χ4n) is 1.81. The Morgan fingerprint density at radius 1 is 1.32 bits per heavy atom. The van der Waals surface area contributed by atoms with Gasteiger partial charge in [-0.05, 0) is 30.9 Å². The number of thiazole rings is 1. The fraction of sp³-hybridized carbons (Fsp3) is 0.533. The Morgan fingerprint density at radius 2 is 2.16 bits per heavy atom. The molecule has 2 aromatic rings. The molecule has 0 saturated carbocycles. The monoisotopic (exact) mass is 278 g/mol. The summed E-state index contributed by atoms with van der Waals surface area (Å²) in [6.45, 7) is 8.92. The molecule has 19 heavy (non-hydrogen) atoms. The molecule has 2 rings (SSSR count). The van der Waals surface area contributed by atoms with Gasteiger partial charge < -0.3 is 10.1 Å². The number of anilines is 1. The average molecular weight is 278 g/mol. The second-order valence-electron chi connectivity index (χ2n) is 5.16. The summed E-state index contributed by atoms with van der Waals surface area (Å²) < 4.78 is 6.82. The zero-order chi connectivity index (χ0) is 13.7. The Labute approximate surface area is 119 Å². The molecule has 0 bridgehead atoms. The van der Waals surface area contributed by atoms with Crippen molar-refractivity contribution in [2.75, 3.05) is 25.1 Å². The minimum absolute atomic E-state index is 0.709. The first-order valence-corrected chi connectivity index (χ1v) is 7.66. The van der Waals surface area contributed by atoms with E-state index in [0.717, 1.165) is 36.8 Å². The van der Waals surface area contributed by atoms with E-state index in [-0.39, 0.29) is 0 Å². The highest BCUT2D eigenvalue weighted by molar-refractivity contribution is 7.22. The van der Waals surface area contributed by atoms with Crippen molar-refractivity contribution in [1.82, 2.24) is 4.98 Å². The van der Waals surface area contributed by atoms with Crippen molar-refractivity contribution in [3.8, 4) is 0 Å². The molecule has 0 aliphatic heterocycles. The number of fused-ring (bicyclic) bond motifs is 1. The summed E-state index contributed by atoms with van der Waals surface area (Å²) in [5, 5.41) is 4.31. The molecule has 0 aliphatic carbocycles. The number of para-hydroxylation sites is 1. The summed E-state index contributed by atoms with van der Waals surface area (Å²) in [5.74, 6) is 0.709. The van der Waals surface area contributed by atoms with Gasteiger partial charge in [-0.25, -0.2) is 4.98 Å². The number of nitrogens with one attached hydrogen (secondary N) is 1. The second-order valence-corrected chi connectivity index (χ2v) is 6.19. The van der Waals surface area contributed by atoms with Gasteiger partial charge in [-0.2, -0.15) is 0 Å². The van der Waals surface area contributed by atoms with Crippen LogP contribution >= 0.6 is 11.3 Å². The average Bonchev–Trinajstić information content (AvgIpc) is 2.78. The van der Waals surface area contributed by atoms with Crippen LogP contribution in [0.15, 0.2) is 18.2 Å². The van der Waals surface area contributed by atoms with E-state index in [9.17, 15) is 0 Å². The van der Waals surface area contributed by atoms with Gasteiger partial charge in [0.15, 0.2) is 5.13 Å². The van der Waals surface area contributed by atoms with E-state index >= 15 is 0 Å². The molecule has 0 aliphatic rings. The van der Waals surface area contributed by atoms with Crippen molar-refractivity contribution < 1.29 is 4.74 Å². The number of aryl methyl sites for hydroxylation is 1. The van der Waals surface area contributed by atoms with E-state index in [1.54, 1.807) is 11.3 Å². The molecule has 0 radical (unpaired) electrons. The van der Waals surface area contributed by atoms with Gasteiger partial charge in [0.1, 0.15) is 0 Å². The summed E-state index contributed by atoms with van der Waals surface area (Å²) in [5.41, 5.74) is 2.34. The molecule has 1 N–H and O–H groups in total. The zero-order valence-electron chi connectivity index (χ0n) is 11.9. The molecule has 1 aromatic heterocycles. The molecular weight excluding hydrogens is 256 g/mol. The van der Waals surface area contributed by atoms with E-state index in [0.29, 0.717) is 5.92 Å². The fourth-order valence-corrected chi connectivity index (χ4v) is 2.78. The summed E-state index contributed by atoms with van der Waals surface area (Å²) >= 11 is 1.70. The molecule has 1 aromatic carbocycles. The lowest BCUT2D eigenvalue weighted by molar-refractivity contribution is 0.132. The minimum atomic E-state index is 0.709. The number of benzene rings is 1. The van der Waals surface area contributed by atoms with Crippen molar-refractivity contribution in [3.63, 3.8) is 0 Å². The lowest BCUT2D eigenvalue weighted by atomic mass is 10.1. The molecule has 0 saturated heterocycles. The van der Waals surface area contributed by atoms with Crippen LogP contribution in [0.25, 0.3) is 10.2 Å². The van der Waals surface area contributed by atoms with Crippen molar-refractivity contribution in [3.05, 3.63) is 23.8 Å². The third kappa shape index (κ3) is 4.18. The normalized spacial score (nSPS) is 11.4. The number of ether oxygens (including phenoxy) is 1. The molecule has 0 fully saturated rings. The summed E-state index contributed by atoms with van der Waals surface area (Å²) in [6.07, 6.45) is 1.13. The van der Waals surface area contributed by atoms with Crippen LogP contribution in [-0.2, 0) is 4.74 Å². The van der Waals surface area contributed by atoms with Gasteiger partial charge in [0, 0.05) is 13.2 Å². The molecule has 3 nitrogen and oxygen atoms in total. The van der Waals surface area contributed by atoms with Crippen molar-refractivity contribution in [1.29, 1.82) is 0 Å². The lowest BCUT2D eigenvalue weighted by Gasteiger charge is -2.06. The topological polar surface area (TPSA) is 34.1 Å². The molecule has 104 valence electrons. The standard InChI is InChI=1S/C15H22N2OS/c1-11(2)7-9-18-10-8-16-15-17-14-12(3)5-4-6-13(14)19-15/h4-6,11H,7-10H2,1-3H3,(H,16,17). The van der Waals surface area contributed by atoms with Gasteiger partial charge in [-0.3, -0.25) is 0 Å². The lowest BCUT2D eigenvalue weighted by Crippen LogP contribution is -2.10. The summed E-state index contributed by atoms with van der Waals surface area (Å²) in [7, 11) is 0. The molecule has 0 amide bonds. The van der Waals surface area contributed by atoms with Crippen LogP contribution < -0.4 is 5.32 Å². The van der Waals surface area contributed by atoms with Crippen LogP contribution in [0.2, 0.25) is 0 Å². The SMILES string of the molecule is Cc1cccc2sc(NCCOCCC(C)C)nc12. The predicted octanol–water partition coefficient (Wildman–Crippen LogP) is 4.08. The third-order valence-electron chi connectivity index (χ3n) is 2.98. The van der Waals surface area contributed by atoms with Crippen LogP contribution in [0.4, 0.5) is 5.13 Å². The predicted molar refractivity (Wildman–Crippen MR) is 83.1 cm³/mol. The van der Waals surface area contributed by atoms with Crippen LogP contribution in [0.1, 0.15) is 25.8 Å². The third-order valence-corrected chi connectivity index (χ3v) is 3.96. The van der Waals surface area contributed by atoms with Gasteiger partial charge in [0.2, 0.25) is 0 Å². The summed E-state index contributed by atoms with van der Waals surface area (Å²) in [4.78, 5) is 4.61. The molecule has 0 unspecified atom stereocenters. The Bertz CT molecular complexity index is 522. The first kappa shape index (κ1) is 14.3. The van der Waals surface area contributed by atoms with Crippen molar-refractivity contribution in [2.24, 2.45) is 5.92 Å². The van der Waals surface area contributed by atoms with E-state index in [4.69, 9.17) is 4.74 Å². The zero-order valence-corrected chi connectivity index (χ0v) is 12.7. The summed E-state index contributed by atoms with van der Waals surface area (Å²) in [6, 6.07) is 6.29. The minimum Gasteiger partial charge on any atom is -0.380 e. The van der Waals surface area contributed by atoms with Crippen LogP contribution in [0, 0.1) is 12.8 Å². The second kappa shape index (κ2) is 6.87. The maximum absolute atomic E-state index is 5.58. The van der Waals surface area contributed by atoms with Crippen LogP contribution in [0.5, 0.6) is 0 Å². The number of nitrogens with zero attached hydrogens (tertiary/aromatic N) is 1. The highest BCUT2D eigenvalue weighted by Gasteiger charge is 2.04. The Hall–Kier alpha value is -1.13. The van der Waals surface area contributed by atoms with E-state index in [1.807, 2.05) is 0 Å². The molecule has 0 atom stereocenters. The first-order chi connectivity index (χ1) is 9.16. The van der Waals surface area contributed by atoms with Gasteiger partial charge in [-0.1, -0.05) is 37.3 Å². The van der Waals surface area contributed by atoms with Crippen LogP contribution in [0.3, 0.4) is 0 Å². The van der Waals surface area contributed by atoms with E-state index in [1.165, 1.54) is 10.3 Å². The van der Waals surface area contributed by atoms with Crippen molar-refractivity contribution in [2.45, 2.75) is 27.2 Å². The Morgan fingerprint density at radius 3 is 2.89 bits per heavy atom. The molecule has 1 heterocycles. The van der Waals surface area contributed by atoms with Gasteiger partial charge in [0.05, 0.1) is 16.8 Å².